The van der Waals surface area contributed by atoms with Gasteiger partial charge in [0.2, 0.25) is 5.91 Å². The maximum absolute atomic E-state index is 13.8. The number of hydrogen-bond donors (Lipinski definition) is 0. The monoisotopic (exact) mass is 517 g/mol. The van der Waals surface area contributed by atoms with E-state index in [9.17, 15) is 9.18 Å². The Morgan fingerprint density at radius 2 is 1.88 bits per heavy atom. The molecule has 1 amide bonds. The third kappa shape index (κ3) is 3.96. The van der Waals surface area contributed by atoms with Crippen molar-refractivity contribution in [1.82, 2.24) is 9.55 Å². The molecule has 32 heavy (non-hydrogen) atoms. The Balaban J connectivity index is 1.65. The predicted octanol–water partition coefficient (Wildman–Crippen LogP) is 7.60. The first-order chi connectivity index (χ1) is 15.4. The number of halogens is 3. The van der Waals surface area contributed by atoms with Crippen molar-refractivity contribution in [2.75, 3.05) is 4.90 Å². The SMILES string of the molecule is CC1CCC(n2c([C@@H]3CCCC(=O)N3c3ccc(F)c(Cl)c3)nc3cc(Br)ccc32)CC1. The van der Waals surface area contributed by atoms with Crippen LogP contribution in [0.25, 0.3) is 11.0 Å². The van der Waals surface area contributed by atoms with Crippen LogP contribution in [0.4, 0.5) is 10.1 Å². The summed E-state index contributed by atoms with van der Waals surface area (Å²) in [5.41, 5.74) is 2.67. The summed E-state index contributed by atoms with van der Waals surface area (Å²) >= 11 is 9.66. The Morgan fingerprint density at radius 3 is 2.62 bits per heavy atom. The second kappa shape index (κ2) is 8.79. The first-order valence-corrected chi connectivity index (χ1v) is 12.5. The van der Waals surface area contributed by atoms with Crippen molar-refractivity contribution < 1.29 is 9.18 Å². The van der Waals surface area contributed by atoms with Gasteiger partial charge in [-0.1, -0.05) is 34.5 Å². The molecule has 0 unspecified atom stereocenters. The topological polar surface area (TPSA) is 38.1 Å². The number of piperidine rings is 1. The summed E-state index contributed by atoms with van der Waals surface area (Å²) in [6, 6.07) is 10.9. The molecule has 2 fully saturated rings. The minimum atomic E-state index is -0.482. The molecule has 4 nitrogen and oxygen atoms in total. The summed E-state index contributed by atoms with van der Waals surface area (Å²) in [6.07, 6.45) is 6.70. The van der Waals surface area contributed by atoms with E-state index in [2.05, 4.69) is 39.6 Å². The van der Waals surface area contributed by atoms with Crippen LogP contribution in [-0.2, 0) is 4.79 Å². The molecule has 5 rings (SSSR count). The summed E-state index contributed by atoms with van der Waals surface area (Å²) in [6.45, 7) is 2.32. The van der Waals surface area contributed by atoms with Gasteiger partial charge in [-0.3, -0.25) is 4.79 Å². The molecular formula is C25H26BrClFN3O. The second-order valence-electron chi connectivity index (χ2n) is 9.16. The summed E-state index contributed by atoms with van der Waals surface area (Å²) in [5, 5.41) is 0.0262. The zero-order chi connectivity index (χ0) is 22.4. The summed E-state index contributed by atoms with van der Waals surface area (Å²) in [7, 11) is 0. The van der Waals surface area contributed by atoms with Crippen LogP contribution in [0.3, 0.4) is 0 Å². The Morgan fingerprint density at radius 1 is 1.09 bits per heavy atom. The fraction of sp³-hybridized carbons (Fsp3) is 0.440. The number of benzene rings is 2. The Labute approximate surface area is 200 Å². The average Bonchev–Trinajstić information content (AvgIpc) is 3.14. The third-order valence-electron chi connectivity index (χ3n) is 6.96. The van der Waals surface area contributed by atoms with E-state index in [1.54, 1.807) is 17.0 Å². The van der Waals surface area contributed by atoms with Gasteiger partial charge in [0, 0.05) is 22.6 Å². The number of anilines is 1. The molecule has 2 aromatic carbocycles. The number of aromatic nitrogens is 2. The molecule has 0 spiro atoms. The van der Waals surface area contributed by atoms with Gasteiger partial charge in [0.25, 0.3) is 0 Å². The van der Waals surface area contributed by atoms with Crippen LogP contribution < -0.4 is 4.90 Å². The number of carbonyl (C=O) groups is 1. The van der Waals surface area contributed by atoms with Gasteiger partial charge in [0.05, 0.1) is 22.1 Å². The lowest BCUT2D eigenvalue weighted by Crippen LogP contribution is -2.40. The van der Waals surface area contributed by atoms with Crippen LogP contribution in [0.1, 0.15) is 69.8 Å². The zero-order valence-corrected chi connectivity index (χ0v) is 20.4. The largest absolute Gasteiger partial charge is 0.323 e. The number of rotatable bonds is 3. The molecule has 3 aromatic rings. The number of hydrogen-bond acceptors (Lipinski definition) is 2. The molecule has 168 valence electrons. The number of carbonyl (C=O) groups excluding carboxylic acids is 1. The van der Waals surface area contributed by atoms with E-state index in [4.69, 9.17) is 16.6 Å². The fourth-order valence-electron chi connectivity index (χ4n) is 5.28. The van der Waals surface area contributed by atoms with Gasteiger partial charge in [-0.25, -0.2) is 9.37 Å². The van der Waals surface area contributed by atoms with E-state index in [1.807, 2.05) is 6.07 Å². The number of nitrogens with zero attached hydrogens (tertiary/aromatic N) is 3. The van der Waals surface area contributed by atoms with Crippen LogP contribution >= 0.6 is 27.5 Å². The highest BCUT2D eigenvalue weighted by Crippen LogP contribution is 2.42. The molecule has 0 bridgehead atoms. The van der Waals surface area contributed by atoms with Crippen molar-refractivity contribution in [3.8, 4) is 0 Å². The van der Waals surface area contributed by atoms with Crippen molar-refractivity contribution in [3.05, 3.63) is 57.5 Å². The third-order valence-corrected chi connectivity index (χ3v) is 7.74. The number of fused-ring (bicyclic) bond motifs is 1. The van der Waals surface area contributed by atoms with Crippen LogP contribution in [-0.4, -0.2) is 15.5 Å². The molecular weight excluding hydrogens is 493 g/mol. The molecule has 1 atom stereocenters. The summed E-state index contributed by atoms with van der Waals surface area (Å²) < 4.78 is 17.2. The molecule has 1 aliphatic heterocycles. The van der Waals surface area contributed by atoms with Crippen molar-refractivity contribution in [1.29, 1.82) is 0 Å². The smallest absolute Gasteiger partial charge is 0.227 e. The van der Waals surface area contributed by atoms with Gasteiger partial charge < -0.3 is 9.47 Å². The average molecular weight is 519 g/mol. The van der Waals surface area contributed by atoms with Crippen LogP contribution in [0.2, 0.25) is 5.02 Å². The van der Waals surface area contributed by atoms with Gasteiger partial charge in [0.15, 0.2) is 0 Å². The molecule has 1 aliphatic carbocycles. The van der Waals surface area contributed by atoms with E-state index in [1.165, 1.54) is 18.9 Å². The summed E-state index contributed by atoms with van der Waals surface area (Å²) in [5.74, 6) is 1.21. The Kier molecular flexibility index (Phi) is 6.01. The fourth-order valence-corrected chi connectivity index (χ4v) is 5.81. The van der Waals surface area contributed by atoms with E-state index >= 15 is 0 Å². The van der Waals surface area contributed by atoms with Crippen molar-refractivity contribution in [3.63, 3.8) is 0 Å². The second-order valence-corrected chi connectivity index (χ2v) is 10.5. The molecule has 2 heterocycles. The van der Waals surface area contributed by atoms with Gasteiger partial charge in [-0.05, 0) is 80.8 Å². The maximum atomic E-state index is 13.8. The lowest BCUT2D eigenvalue weighted by Gasteiger charge is -2.37. The maximum Gasteiger partial charge on any atom is 0.227 e. The molecule has 1 saturated carbocycles. The van der Waals surface area contributed by atoms with Crippen molar-refractivity contribution in [2.24, 2.45) is 5.92 Å². The minimum Gasteiger partial charge on any atom is -0.323 e. The Hall–Kier alpha value is -1.92. The van der Waals surface area contributed by atoms with Crippen LogP contribution in [0.5, 0.6) is 0 Å². The standard InChI is InChI=1S/C25H26BrClFN3O/c1-15-5-8-17(9-6-15)31-22-12-7-16(26)13-21(22)29-25(31)23-3-2-4-24(32)30(23)18-10-11-20(28)19(27)14-18/h7,10-15,17,23H,2-6,8-9H2,1H3/t15?,17?,23-/m0/s1. The molecule has 2 aliphatic rings. The highest BCUT2D eigenvalue weighted by molar-refractivity contribution is 9.10. The Bertz CT molecular complexity index is 1170. The van der Waals surface area contributed by atoms with Gasteiger partial charge in [0.1, 0.15) is 11.6 Å². The highest BCUT2D eigenvalue weighted by Gasteiger charge is 2.36. The van der Waals surface area contributed by atoms with Crippen LogP contribution in [0, 0.1) is 11.7 Å². The lowest BCUT2D eigenvalue weighted by atomic mass is 9.87. The molecule has 7 heteroatoms. The van der Waals surface area contributed by atoms with E-state index in [-0.39, 0.29) is 17.0 Å². The normalized spacial score (nSPS) is 24.3. The summed E-state index contributed by atoms with van der Waals surface area (Å²) in [4.78, 5) is 20.0. The van der Waals surface area contributed by atoms with Crippen LogP contribution in [0.15, 0.2) is 40.9 Å². The van der Waals surface area contributed by atoms with Crippen molar-refractivity contribution in [2.45, 2.75) is 64.0 Å². The molecule has 1 saturated heterocycles. The first-order valence-electron chi connectivity index (χ1n) is 11.4. The number of imidazole rings is 1. The first kappa shape index (κ1) is 21.9. The van der Waals surface area contributed by atoms with Gasteiger partial charge in [-0.15, -0.1) is 0 Å². The van der Waals surface area contributed by atoms with Gasteiger partial charge >= 0.3 is 0 Å². The molecule has 0 N–H and O–H groups in total. The van der Waals surface area contributed by atoms with E-state index in [0.717, 1.165) is 52.9 Å². The lowest BCUT2D eigenvalue weighted by molar-refractivity contribution is -0.120. The molecule has 0 radical (unpaired) electrons. The zero-order valence-electron chi connectivity index (χ0n) is 18.0. The predicted molar refractivity (Wildman–Crippen MR) is 130 cm³/mol. The minimum absolute atomic E-state index is 0.0262. The molecule has 1 aromatic heterocycles. The van der Waals surface area contributed by atoms with E-state index in [0.29, 0.717) is 18.2 Å². The highest BCUT2D eigenvalue weighted by atomic mass is 79.9. The quantitative estimate of drug-likeness (QED) is 0.358. The van der Waals surface area contributed by atoms with Crippen molar-refractivity contribution >= 4 is 50.2 Å². The number of amides is 1. The van der Waals surface area contributed by atoms with Gasteiger partial charge in [-0.2, -0.15) is 0 Å². The van der Waals surface area contributed by atoms with E-state index < -0.39 is 5.82 Å².